The number of aromatic hydroxyl groups is 1. The van der Waals surface area contributed by atoms with Crippen molar-refractivity contribution in [2.45, 2.75) is 19.3 Å². The van der Waals surface area contributed by atoms with Crippen molar-refractivity contribution in [3.05, 3.63) is 24.3 Å². The van der Waals surface area contributed by atoms with Crippen LogP contribution in [0.15, 0.2) is 24.3 Å². The number of anilines is 1. The Hall–Kier alpha value is -1.26. The summed E-state index contributed by atoms with van der Waals surface area (Å²) in [5.74, 6) is 0.519. The van der Waals surface area contributed by atoms with E-state index in [0.717, 1.165) is 38.0 Å². The van der Waals surface area contributed by atoms with Gasteiger partial charge in [0.15, 0.2) is 0 Å². The van der Waals surface area contributed by atoms with Gasteiger partial charge in [0.2, 0.25) is 5.91 Å². The van der Waals surface area contributed by atoms with Gasteiger partial charge < -0.3 is 15.7 Å². The fourth-order valence-electron chi connectivity index (χ4n) is 2.97. The van der Waals surface area contributed by atoms with Crippen LogP contribution in [-0.2, 0) is 4.79 Å². The molecule has 0 bridgehead atoms. The second-order valence-corrected chi connectivity index (χ2v) is 5.41. The fraction of sp³-hybridized carbons (Fsp3) is 0.500. The molecule has 1 saturated heterocycles. The highest BCUT2D eigenvalue weighted by atomic mass is 35.5. The Bertz CT molecular complexity index is 455. The molecule has 1 heterocycles. The van der Waals surface area contributed by atoms with Crippen molar-refractivity contribution in [1.29, 1.82) is 0 Å². The van der Waals surface area contributed by atoms with E-state index in [1.165, 1.54) is 0 Å². The van der Waals surface area contributed by atoms with Crippen LogP contribution in [0.5, 0.6) is 5.75 Å². The van der Waals surface area contributed by atoms with E-state index in [1.807, 2.05) is 0 Å². The molecule has 1 atom stereocenters. The number of phenols is 1. The first-order valence-corrected chi connectivity index (χ1v) is 6.50. The van der Waals surface area contributed by atoms with Crippen molar-refractivity contribution in [3.63, 3.8) is 0 Å². The van der Waals surface area contributed by atoms with Crippen LogP contribution in [0, 0.1) is 11.3 Å². The molecule has 1 aromatic rings. The van der Waals surface area contributed by atoms with Crippen LogP contribution in [0.2, 0.25) is 0 Å². The molecule has 1 spiro atoms. The van der Waals surface area contributed by atoms with E-state index in [0.29, 0.717) is 0 Å². The molecular formula is C14H19ClN2O2. The largest absolute Gasteiger partial charge is 0.508 e. The number of carbonyl (C=O) groups excluding carboxylic acids is 1. The molecule has 1 saturated carbocycles. The van der Waals surface area contributed by atoms with Crippen LogP contribution in [0.25, 0.3) is 0 Å². The highest BCUT2D eigenvalue weighted by Gasteiger charge is 2.57. The lowest BCUT2D eigenvalue weighted by Gasteiger charge is -2.23. The lowest BCUT2D eigenvalue weighted by Crippen LogP contribution is -2.31. The van der Waals surface area contributed by atoms with Crippen molar-refractivity contribution in [2.24, 2.45) is 11.3 Å². The summed E-state index contributed by atoms with van der Waals surface area (Å²) in [5.41, 5.74) is 1.03. The maximum atomic E-state index is 12.1. The number of piperidine rings is 1. The van der Waals surface area contributed by atoms with Crippen LogP contribution in [0.3, 0.4) is 0 Å². The number of phenolic OH excluding ortho intramolecular Hbond substituents is 1. The van der Waals surface area contributed by atoms with E-state index in [1.54, 1.807) is 24.3 Å². The topological polar surface area (TPSA) is 61.4 Å². The number of benzene rings is 1. The van der Waals surface area contributed by atoms with Gasteiger partial charge in [-0.3, -0.25) is 4.79 Å². The Morgan fingerprint density at radius 1 is 1.26 bits per heavy atom. The summed E-state index contributed by atoms with van der Waals surface area (Å²) in [5, 5.41) is 15.5. The fourth-order valence-corrected chi connectivity index (χ4v) is 2.97. The number of amides is 1. The second-order valence-electron chi connectivity index (χ2n) is 5.41. The van der Waals surface area contributed by atoms with Gasteiger partial charge in [-0.2, -0.15) is 0 Å². The third kappa shape index (κ3) is 2.85. The standard InChI is InChI=1S/C14H18N2O2.ClH/c17-11-3-1-10(2-4-11)16-13(18)12-9-14(12)5-7-15-8-6-14;/h1-4,12,15,17H,5-9H2,(H,16,18);1H. The monoisotopic (exact) mass is 282 g/mol. The molecule has 4 nitrogen and oxygen atoms in total. The summed E-state index contributed by atoms with van der Waals surface area (Å²) in [6.45, 7) is 2.06. The Morgan fingerprint density at radius 2 is 1.89 bits per heavy atom. The van der Waals surface area contributed by atoms with E-state index < -0.39 is 0 Å². The Kier molecular flexibility index (Phi) is 4.02. The maximum Gasteiger partial charge on any atom is 0.228 e. The van der Waals surface area contributed by atoms with E-state index >= 15 is 0 Å². The Labute approximate surface area is 119 Å². The average molecular weight is 283 g/mol. The minimum Gasteiger partial charge on any atom is -0.508 e. The average Bonchev–Trinajstić information content (AvgIpc) is 3.07. The predicted molar refractivity (Wildman–Crippen MR) is 76.6 cm³/mol. The molecule has 3 N–H and O–H groups in total. The molecule has 1 aromatic carbocycles. The van der Waals surface area contributed by atoms with Crippen LogP contribution in [0.1, 0.15) is 19.3 Å². The first-order chi connectivity index (χ1) is 8.70. The van der Waals surface area contributed by atoms with Gasteiger partial charge in [-0.1, -0.05) is 0 Å². The summed E-state index contributed by atoms with van der Waals surface area (Å²) in [6.07, 6.45) is 3.25. The van der Waals surface area contributed by atoms with E-state index in [-0.39, 0.29) is 35.4 Å². The lowest BCUT2D eigenvalue weighted by molar-refractivity contribution is -0.118. The van der Waals surface area contributed by atoms with Gasteiger partial charge in [0.25, 0.3) is 0 Å². The van der Waals surface area contributed by atoms with E-state index in [9.17, 15) is 9.90 Å². The van der Waals surface area contributed by atoms with Gasteiger partial charge in [0.05, 0.1) is 0 Å². The first kappa shape index (κ1) is 14.2. The summed E-state index contributed by atoms with van der Waals surface area (Å²) >= 11 is 0. The third-order valence-electron chi connectivity index (χ3n) is 4.24. The zero-order valence-electron chi connectivity index (χ0n) is 10.7. The van der Waals surface area contributed by atoms with Crippen molar-refractivity contribution < 1.29 is 9.90 Å². The van der Waals surface area contributed by atoms with Gasteiger partial charge in [0, 0.05) is 11.6 Å². The molecular weight excluding hydrogens is 264 g/mol. The normalized spacial score (nSPS) is 23.5. The minimum absolute atomic E-state index is 0. The van der Waals surface area contributed by atoms with Crippen molar-refractivity contribution in [2.75, 3.05) is 18.4 Å². The molecule has 0 radical (unpaired) electrons. The predicted octanol–water partition coefficient (Wildman–Crippen LogP) is 2.14. The highest BCUT2D eigenvalue weighted by Crippen LogP contribution is 2.58. The molecule has 2 fully saturated rings. The molecule has 104 valence electrons. The van der Waals surface area contributed by atoms with Crippen molar-refractivity contribution in [1.82, 2.24) is 5.32 Å². The Morgan fingerprint density at radius 3 is 2.53 bits per heavy atom. The molecule has 0 aromatic heterocycles. The van der Waals surface area contributed by atoms with Gasteiger partial charge in [0.1, 0.15) is 5.75 Å². The maximum absolute atomic E-state index is 12.1. The summed E-state index contributed by atoms with van der Waals surface area (Å²) < 4.78 is 0. The third-order valence-corrected chi connectivity index (χ3v) is 4.24. The van der Waals surface area contributed by atoms with Crippen molar-refractivity contribution >= 4 is 24.0 Å². The SMILES string of the molecule is Cl.O=C(Nc1ccc(O)cc1)C1CC12CCNCC2. The first-order valence-electron chi connectivity index (χ1n) is 6.50. The zero-order valence-corrected chi connectivity index (χ0v) is 11.5. The zero-order chi connectivity index (χ0) is 12.6. The van der Waals surface area contributed by atoms with Gasteiger partial charge >= 0.3 is 0 Å². The van der Waals surface area contributed by atoms with Crippen LogP contribution < -0.4 is 10.6 Å². The van der Waals surface area contributed by atoms with E-state index in [4.69, 9.17) is 0 Å². The Balaban J connectivity index is 0.00000133. The molecule has 1 aliphatic carbocycles. The second kappa shape index (κ2) is 5.39. The number of nitrogens with one attached hydrogen (secondary N) is 2. The number of halogens is 1. The highest BCUT2D eigenvalue weighted by molar-refractivity contribution is 5.95. The molecule has 1 unspecified atom stereocenters. The van der Waals surface area contributed by atoms with E-state index in [2.05, 4.69) is 10.6 Å². The quantitative estimate of drug-likeness (QED) is 0.729. The number of rotatable bonds is 2. The smallest absolute Gasteiger partial charge is 0.228 e. The van der Waals surface area contributed by atoms with Gasteiger partial charge in [-0.15, -0.1) is 12.4 Å². The number of hydrogen-bond donors (Lipinski definition) is 3. The molecule has 5 heteroatoms. The molecule has 3 rings (SSSR count). The number of carbonyl (C=O) groups is 1. The minimum atomic E-state index is 0. The molecule has 1 aliphatic heterocycles. The lowest BCUT2D eigenvalue weighted by atomic mass is 9.92. The van der Waals surface area contributed by atoms with Crippen LogP contribution in [-0.4, -0.2) is 24.1 Å². The number of hydrogen-bond acceptors (Lipinski definition) is 3. The van der Waals surface area contributed by atoms with Crippen molar-refractivity contribution in [3.8, 4) is 5.75 Å². The summed E-state index contributed by atoms with van der Waals surface area (Å²) in [4.78, 5) is 12.1. The molecule has 19 heavy (non-hydrogen) atoms. The van der Waals surface area contributed by atoms with Gasteiger partial charge in [-0.25, -0.2) is 0 Å². The molecule has 1 amide bonds. The van der Waals surface area contributed by atoms with Gasteiger partial charge in [-0.05, 0) is 62.0 Å². The summed E-state index contributed by atoms with van der Waals surface area (Å²) in [7, 11) is 0. The summed E-state index contributed by atoms with van der Waals surface area (Å²) in [6, 6.07) is 6.63. The molecule has 2 aliphatic rings. The van der Waals surface area contributed by atoms with Crippen LogP contribution >= 0.6 is 12.4 Å². The van der Waals surface area contributed by atoms with Crippen LogP contribution in [0.4, 0.5) is 5.69 Å².